The first kappa shape index (κ1) is 33.7. The van der Waals surface area contributed by atoms with Crippen molar-refractivity contribution >= 4 is 29.8 Å². The first-order chi connectivity index (χ1) is 21.0. The van der Waals surface area contributed by atoms with Gasteiger partial charge in [-0.1, -0.05) is 20.3 Å². The highest BCUT2D eigenvalue weighted by Gasteiger charge is 2.67. The fourth-order valence-electron chi connectivity index (χ4n) is 10.5. The van der Waals surface area contributed by atoms with Gasteiger partial charge in [0.1, 0.15) is 12.7 Å². The Hall–Kier alpha value is -2.69. The second kappa shape index (κ2) is 12.2. The SMILES string of the molecule is CC(=O)OCC1OC(OC(=O)[C@]2(C)CCC[C@@]3(C)C4CC[C@]5(C)CC[C@@]4(CCC32)C5)C(OC(C)=O)C(OC(C)=O)[C@H]1OC(C)=O. The van der Waals surface area contributed by atoms with Gasteiger partial charge in [0.05, 0.1) is 5.41 Å². The molecule has 11 atom stereocenters. The van der Waals surface area contributed by atoms with E-state index in [0.29, 0.717) is 23.2 Å². The van der Waals surface area contributed by atoms with Crippen molar-refractivity contribution in [1.29, 1.82) is 0 Å². The highest BCUT2D eigenvalue weighted by Crippen LogP contribution is 2.73. The van der Waals surface area contributed by atoms with Gasteiger partial charge in [-0.2, -0.15) is 0 Å². The third kappa shape index (κ3) is 6.22. The summed E-state index contributed by atoms with van der Waals surface area (Å²) in [7, 11) is 0. The van der Waals surface area contributed by atoms with Crippen LogP contribution in [0.2, 0.25) is 0 Å². The maximum Gasteiger partial charge on any atom is 0.314 e. The van der Waals surface area contributed by atoms with Gasteiger partial charge in [-0.3, -0.25) is 24.0 Å². The third-order valence-electron chi connectivity index (χ3n) is 12.1. The molecule has 4 saturated carbocycles. The fraction of sp³-hybridized carbons (Fsp3) is 0.853. The Morgan fingerprint density at radius 1 is 0.667 bits per heavy atom. The number of rotatable bonds is 7. The first-order valence-corrected chi connectivity index (χ1v) is 16.5. The summed E-state index contributed by atoms with van der Waals surface area (Å²) >= 11 is 0. The molecule has 11 nitrogen and oxygen atoms in total. The number of hydrogen-bond donors (Lipinski definition) is 0. The van der Waals surface area contributed by atoms with Crippen molar-refractivity contribution in [2.75, 3.05) is 6.61 Å². The van der Waals surface area contributed by atoms with Crippen LogP contribution in [0.5, 0.6) is 0 Å². The van der Waals surface area contributed by atoms with Gasteiger partial charge in [0.15, 0.2) is 12.2 Å². The van der Waals surface area contributed by atoms with E-state index in [1.807, 2.05) is 6.92 Å². The minimum absolute atomic E-state index is 0.0167. The number of carbonyl (C=O) groups is 5. The van der Waals surface area contributed by atoms with E-state index >= 15 is 0 Å². The number of hydrogen-bond acceptors (Lipinski definition) is 11. The monoisotopic (exact) mass is 634 g/mol. The topological polar surface area (TPSA) is 141 Å². The predicted molar refractivity (Wildman–Crippen MR) is 158 cm³/mol. The van der Waals surface area contributed by atoms with Gasteiger partial charge in [-0.25, -0.2) is 0 Å². The number of carbonyl (C=O) groups excluding carboxylic acids is 5. The van der Waals surface area contributed by atoms with Crippen molar-refractivity contribution in [1.82, 2.24) is 0 Å². The zero-order valence-corrected chi connectivity index (χ0v) is 27.8. The minimum atomic E-state index is -1.51. The minimum Gasteiger partial charge on any atom is -0.463 e. The van der Waals surface area contributed by atoms with E-state index in [0.717, 1.165) is 39.5 Å². The molecule has 11 heteroatoms. The summed E-state index contributed by atoms with van der Waals surface area (Å²) in [5.74, 6) is -2.64. The lowest BCUT2D eigenvalue weighted by molar-refractivity contribution is -0.305. The van der Waals surface area contributed by atoms with E-state index in [9.17, 15) is 24.0 Å². The normalized spacial score (nSPS) is 43.6. The molecule has 6 unspecified atom stereocenters. The molecule has 0 aromatic heterocycles. The largest absolute Gasteiger partial charge is 0.463 e. The van der Waals surface area contributed by atoms with E-state index < -0.39 is 66.0 Å². The molecule has 0 radical (unpaired) electrons. The second-order valence-corrected chi connectivity index (χ2v) is 15.3. The zero-order chi connectivity index (χ0) is 32.9. The molecule has 1 spiro atoms. The number of fused-ring (bicyclic) bond motifs is 3. The Morgan fingerprint density at radius 2 is 1.29 bits per heavy atom. The van der Waals surface area contributed by atoms with E-state index in [-0.39, 0.29) is 17.9 Å². The van der Waals surface area contributed by atoms with Crippen LogP contribution >= 0.6 is 0 Å². The van der Waals surface area contributed by atoms with Crippen molar-refractivity contribution in [3.63, 3.8) is 0 Å². The molecule has 252 valence electrons. The van der Waals surface area contributed by atoms with Gasteiger partial charge in [-0.15, -0.1) is 0 Å². The standard InChI is InChI=1S/C34H50O11/c1-19(35)40-17-23-26(41-20(2)36)27(42-21(3)37)28(43-22(4)38)29(44-23)45-30(39)33(7)12-8-11-32(6)24(33)10-14-34-16-15-31(5,18-34)13-9-25(32)34/h23-29H,8-18H2,1-7H3/t23?,24?,25?,26-,27?,28?,29?,31+,32+,33+,34-/m0/s1. The predicted octanol–water partition coefficient (Wildman–Crippen LogP) is 4.81. The van der Waals surface area contributed by atoms with Crippen molar-refractivity contribution in [3.05, 3.63) is 0 Å². The molecule has 2 bridgehead atoms. The molecule has 0 N–H and O–H groups in total. The summed E-state index contributed by atoms with van der Waals surface area (Å²) < 4.78 is 34.0. The zero-order valence-electron chi connectivity index (χ0n) is 27.8. The van der Waals surface area contributed by atoms with Crippen molar-refractivity contribution in [3.8, 4) is 0 Å². The van der Waals surface area contributed by atoms with Crippen LogP contribution in [-0.4, -0.2) is 67.2 Å². The molecule has 0 aromatic rings. The second-order valence-electron chi connectivity index (χ2n) is 15.3. The van der Waals surface area contributed by atoms with Gasteiger partial charge in [0.2, 0.25) is 12.4 Å². The number of ether oxygens (including phenoxy) is 6. The molecule has 1 saturated heterocycles. The molecule has 4 aliphatic carbocycles. The lowest BCUT2D eigenvalue weighted by Gasteiger charge is -2.64. The smallest absolute Gasteiger partial charge is 0.314 e. The molecule has 0 amide bonds. The maximum absolute atomic E-state index is 14.4. The average molecular weight is 635 g/mol. The van der Waals surface area contributed by atoms with Crippen molar-refractivity contribution in [2.45, 2.75) is 143 Å². The van der Waals surface area contributed by atoms with Crippen LogP contribution in [0.25, 0.3) is 0 Å². The van der Waals surface area contributed by atoms with Crippen molar-refractivity contribution in [2.24, 2.45) is 33.5 Å². The lowest BCUT2D eigenvalue weighted by Crippen LogP contribution is -2.64. The van der Waals surface area contributed by atoms with Crippen LogP contribution in [0, 0.1) is 33.5 Å². The third-order valence-corrected chi connectivity index (χ3v) is 12.1. The number of esters is 5. The molecule has 45 heavy (non-hydrogen) atoms. The van der Waals surface area contributed by atoms with Crippen molar-refractivity contribution < 1.29 is 52.4 Å². The highest BCUT2D eigenvalue weighted by molar-refractivity contribution is 5.77. The Labute approximate surface area is 265 Å². The van der Waals surface area contributed by atoms with Gasteiger partial charge >= 0.3 is 29.8 Å². The van der Waals surface area contributed by atoms with Gasteiger partial charge in [-0.05, 0) is 92.8 Å². The molecule has 0 aromatic carbocycles. The van der Waals surface area contributed by atoms with E-state index in [1.54, 1.807) is 0 Å². The van der Waals surface area contributed by atoms with E-state index in [4.69, 9.17) is 28.4 Å². The van der Waals surface area contributed by atoms with Crippen LogP contribution in [-0.2, 0) is 52.4 Å². The Morgan fingerprint density at radius 3 is 1.93 bits per heavy atom. The quantitative estimate of drug-likeness (QED) is 0.282. The summed E-state index contributed by atoms with van der Waals surface area (Å²) in [4.78, 5) is 62.7. The Kier molecular flexibility index (Phi) is 9.09. The Balaban J connectivity index is 1.44. The van der Waals surface area contributed by atoms with E-state index in [1.165, 1.54) is 46.0 Å². The summed E-state index contributed by atoms with van der Waals surface area (Å²) in [6.45, 7) is 11.1. The highest BCUT2D eigenvalue weighted by atomic mass is 16.7. The van der Waals surface area contributed by atoms with E-state index in [2.05, 4.69) is 13.8 Å². The molecular weight excluding hydrogens is 584 g/mol. The molecule has 5 rings (SSSR count). The van der Waals surface area contributed by atoms with Crippen LogP contribution in [0.4, 0.5) is 0 Å². The molecular formula is C34H50O11. The summed E-state index contributed by atoms with van der Waals surface area (Å²) in [6, 6.07) is 0. The van der Waals surface area contributed by atoms with Crippen LogP contribution in [0.3, 0.4) is 0 Å². The fourth-order valence-corrected chi connectivity index (χ4v) is 10.5. The lowest BCUT2D eigenvalue weighted by atomic mass is 9.40. The molecule has 5 fully saturated rings. The maximum atomic E-state index is 14.4. The van der Waals surface area contributed by atoms with Gasteiger partial charge in [0, 0.05) is 27.7 Å². The average Bonchev–Trinajstić information content (AvgIpc) is 3.18. The molecule has 5 aliphatic rings. The molecule has 1 heterocycles. The summed E-state index contributed by atoms with van der Waals surface area (Å²) in [5.41, 5.74) is -0.0592. The van der Waals surface area contributed by atoms with Crippen LogP contribution in [0.1, 0.15) is 113 Å². The summed E-state index contributed by atoms with van der Waals surface area (Å²) in [6.07, 6.45) is 4.08. The van der Waals surface area contributed by atoms with Gasteiger partial charge < -0.3 is 28.4 Å². The van der Waals surface area contributed by atoms with Crippen LogP contribution < -0.4 is 0 Å². The van der Waals surface area contributed by atoms with Gasteiger partial charge in [0.25, 0.3) is 0 Å². The Bertz CT molecular complexity index is 1220. The molecule has 1 aliphatic heterocycles. The van der Waals surface area contributed by atoms with Crippen LogP contribution in [0.15, 0.2) is 0 Å². The summed E-state index contributed by atoms with van der Waals surface area (Å²) in [5, 5.41) is 0. The first-order valence-electron chi connectivity index (χ1n) is 16.5.